The highest BCUT2D eigenvalue weighted by Crippen LogP contribution is 2.67. The number of Topliss-reactive ketones (excluding diaryl/α,β-unsaturated/α-hetero) is 1. The SMILES string of the molecule is CC/C=C\CC(=O)OCC(COC(=O)C/C=C\CC)OC(=O)CC(C)CCCCC(=O)OC(C)O[C@H]1CC[C@@]2(C)[C@@H](CC[C@@H]3[C@@H]2CC[C@]2(C)[C@@H](C(C)=O)CC[C@@H]32)C1. The molecule has 0 aromatic rings. The van der Waals surface area contributed by atoms with Crippen LogP contribution in [0.15, 0.2) is 24.3 Å². The van der Waals surface area contributed by atoms with Gasteiger partial charge in [-0.05, 0) is 131 Å². The van der Waals surface area contributed by atoms with Crippen molar-refractivity contribution in [3.8, 4) is 0 Å². The first-order valence-corrected chi connectivity index (χ1v) is 22.4. The lowest BCUT2D eigenvalue weighted by atomic mass is 9.44. The van der Waals surface area contributed by atoms with Crippen LogP contribution in [0.4, 0.5) is 0 Å². The molecule has 0 aromatic heterocycles. The number of hydrogen-bond acceptors (Lipinski definition) is 10. The minimum absolute atomic E-state index is 0.000641. The molecule has 4 rings (SSSR count). The summed E-state index contributed by atoms with van der Waals surface area (Å²) < 4.78 is 28.2. The van der Waals surface area contributed by atoms with Crippen LogP contribution in [0.1, 0.15) is 164 Å². The highest BCUT2D eigenvalue weighted by Gasteiger charge is 2.61. The van der Waals surface area contributed by atoms with Crippen molar-refractivity contribution >= 4 is 29.7 Å². The fourth-order valence-electron chi connectivity index (χ4n) is 11.2. The molecule has 0 saturated heterocycles. The van der Waals surface area contributed by atoms with Gasteiger partial charge in [0.15, 0.2) is 12.4 Å². The van der Waals surface area contributed by atoms with Gasteiger partial charge in [-0.25, -0.2) is 0 Å². The Morgan fingerprint density at radius 1 is 0.702 bits per heavy atom. The van der Waals surface area contributed by atoms with Gasteiger partial charge in [0.25, 0.3) is 0 Å². The van der Waals surface area contributed by atoms with E-state index in [4.69, 9.17) is 23.7 Å². The molecule has 0 heterocycles. The van der Waals surface area contributed by atoms with Crippen molar-refractivity contribution in [1.29, 1.82) is 0 Å². The molecule has 4 aliphatic carbocycles. The molecule has 0 bridgehead atoms. The second-order valence-electron chi connectivity index (χ2n) is 18.2. The third-order valence-electron chi connectivity index (χ3n) is 14.2. The van der Waals surface area contributed by atoms with E-state index in [2.05, 4.69) is 13.8 Å². The lowest BCUT2D eigenvalue weighted by Gasteiger charge is -2.61. The van der Waals surface area contributed by atoms with Crippen molar-refractivity contribution in [2.75, 3.05) is 13.2 Å². The first-order chi connectivity index (χ1) is 27.2. The molecule has 10 heteroatoms. The number of carbonyl (C=O) groups is 5. The highest BCUT2D eigenvalue weighted by atomic mass is 16.7. The zero-order chi connectivity index (χ0) is 41.6. The molecule has 322 valence electrons. The van der Waals surface area contributed by atoms with Gasteiger partial charge < -0.3 is 23.7 Å². The van der Waals surface area contributed by atoms with E-state index in [9.17, 15) is 24.0 Å². The Morgan fingerprint density at radius 2 is 1.33 bits per heavy atom. The highest BCUT2D eigenvalue weighted by molar-refractivity contribution is 5.79. The van der Waals surface area contributed by atoms with Gasteiger partial charge in [0.2, 0.25) is 0 Å². The summed E-state index contributed by atoms with van der Waals surface area (Å²) in [6.45, 7) is 14.1. The summed E-state index contributed by atoms with van der Waals surface area (Å²) in [6, 6.07) is 0. The van der Waals surface area contributed by atoms with Crippen molar-refractivity contribution in [3.63, 3.8) is 0 Å². The number of ether oxygens (including phenoxy) is 5. The van der Waals surface area contributed by atoms with Gasteiger partial charge in [0.1, 0.15) is 19.0 Å². The van der Waals surface area contributed by atoms with Crippen LogP contribution in [0, 0.1) is 46.3 Å². The summed E-state index contributed by atoms with van der Waals surface area (Å²) in [5.74, 6) is 1.76. The van der Waals surface area contributed by atoms with Crippen LogP contribution in [-0.2, 0) is 47.7 Å². The minimum Gasteiger partial charge on any atom is -0.461 e. The molecule has 4 saturated carbocycles. The molecule has 0 N–H and O–H groups in total. The Hall–Kier alpha value is -3.01. The molecule has 10 atom stereocenters. The van der Waals surface area contributed by atoms with E-state index in [1.165, 1.54) is 32.1 Å². The molecule has 0 spiro atoms. The Balaban J connectivity index is 1.13. The lowest BCUT2D eigenvalue weighted by Crippen LogP contribution is -2.54. The standard InChI is InChI=1S/C47H74O10/c1-8-10-12-17-42(49)53-30-37(31-54-43(50)18-13-11-9-2)57-45(52)28-32(3)16-14-15-19-44(51)56-34(5)55-36-24-26-46(6)35(29-36)20-21-38-40-23-22-39(33(4)48)47(40,7)27-25-41(38)46/h10-13,32,34-41H,8-9,14-31H2,1-7H3/b12-10-,13-11-/t32?,34?,35-,36-,38-,39+,40-,41-,46-,47+/m0/s1. The Morgan fingerprint density at radius 3 is 1.96 bits per heavy atom. The maximum absolute atomic E-state index is 12.8. The molecule has 10 nitrogen and oxygen atoms in total. The van der Waals surface area contributed by atoms with E-state index < -0.39 is 30.3 Å². The van der Waals surface area contributed by atoms with Gasteiger partial charge in [0.05, 0.1) is 18.9 Å². The maximum Gasteiger partial charge on any atom is 0.309 e. The van der Waals surface area contributed by atoms with Gasteiger partial charge in [0, 0.05) is 18.8 Å². The first-order valence-electron chi connectivity index (χ1n) is 22.4. The number of carbonyl (C=O) groups excluding carboxylic acids is 5. The number of fused-ring (bicyclic) bond motifs is 5. The predicted octanol–water partition coefficient (Wildman–Crippen LogP) is 9.81. The average molecular weight is 799 g/mol. The number of unbranched alkanes of at least 4 members (excludes halogenated alkanes) is 1. The van der Waals surface area contributed by atoms with Gasteiger partial charge in [-0.15, -0.1) is 0 Å². The maximum atomic E-state index is 12.8. The fourth-order valence-corrected chi connectivity index (χ4v) is 11.2. The Bertz CT molecular complexity index is 1370. The van der Waals surface area contributed by atoms with Crippen LogP contribution in [0.3, 0.4) is 0 Å². The number of allylic oxidation sites excluding steroid dienone is 2. The van der Waals surface area contributed by atoms with Crippen molar-refractivity contribution < 1.29 is 47.7 Å². The monoisotopic (exact) mass is 799 g/mol. The van der Waals surface area contributed by atoms with Gasteiger partial charge >= 0.3 is 23.9 Å². The number of rotatable bonds is 22. The quantitative estimate of drug-likeness (QED) is 0.0343. The van der Waals surface area contributed by atoms with Crippen LogP contribution in [0.2, 0.25) is 0 Å². The van der Waals surface area contributed by atoms with Crippen molar-refractivity contribution in [1.82, 2.24) is 0 Å². The minimum atomic E-state index is -0.904. The summed E-state index contributed by atoms with van der Waals surface area (Å²) in [4.78, 5) is 62.3. The summed E-state index contributed by atoms with van der Waals surface area (Å²) in [6.07, 6.45) is 20.5. The summed E-state index contributed by atoms with van der Waals surface area (Å²) in [7, 11) is 0. The summed E-state index contributed by atoms with van der Waals surface area (Å²) in [5, 5.41) is 0. The molecule has 0 amide bonds. The van der Waals surface area contributed by atoms with Crippen molar-refractivity contribution in [2.45, 2.75) is 183 Å². The summed E-state index contributed by atoms with van der Waals surface area (Å²) >= 11 is 0. The molecular formula is C47H74O10. The van der Waals surface area contributed by atoms with E-state index in [1.807, 2.05) is 39.8 Å². The topological polar surface area (TPSA) is 132 Å². The number of hydrogen-bond donors (Lipinski definition) is 0. The van der Waals surface area contributed by atoms with Gasteiger partial charge in [-0.1, -0.05) is 71.8 Å². The second kappa shape index (κ2) is 22.4. The number of ketones is 1. The van der Waals surface area contributed by atoms with Crippen LogP contribution in [-0.4, -0.2) is 61.4 Å². The molecule has 2 unspecified atom stereocenters. The molecule has 4 aliphatic rings. The molecule has 0 radical (unpaired) electrons. The Labute approximate surface area is 342 Å². The third kappa shape index (κ3) is 13.2. The van der Waals surface area contributed by atoms with E-state index in [-0.39, 0.29) is 68.2 Å². The molecular weight excluding hydrogens is 725 g/mol. The second-order valence-corrected chi connectivity index (χ2v) is 18.2. The van der Waals surface area contributed by atoms with E-state index >= 15 is 0 Å². The van der Waals surface area contributed by atoms with Crippen molar-refractivity contribution in [2.24, 2.45) is 46.3 Å². The third-order valence-corrected chi connectivity index (χ3v) is 14.2. The molecule has 4 fully saturated rings. The van der Waals surface area contributed by atoms with Crippen LogP contribution < -0.4 is 0 Å². The van der Waals surface area contributed by atoms with E-state index in [1.54, 1.807) is 19.1 Å². The van der Waals surface area contributed by atoms with E-state index in [0.29, 0.717) is 29.5 Å². The molecule has 57 heavy (non-hydrogen) atoms. The lowest BCUT2D eigenvalue weighted by molar-refractivity contribution is -0.200. The molecule has 0 aromatic carbocycles. The zero-order valence-electron chi connectivity index (χ0n) is 36.2. The normalized spacial score (nSPS) is 30.6. The largest absolute Gasteiger partial charge is 0.461 e. The fraction of sp³-hybridized carbons (Fsp3) is 0.809. The molecule has 0 aliphatic heterocycles. The number of esters is 4. The average Bonchev–Trinajstić information content (AvgIpc) is 3.52. The smallest absolute Gasteiger partial charge is 0.309 e. The first kappa shape index (κ1) is 46.7. The van der Waals surface area contributed by atoms with Gasteiger partial charge in [-0.3, -0.25) is 24.0 Å². The zero-order valence-corrected chi connectivity index (χ0v) is 36.2. The van der Waals surface area contributed by atoms with Crippen LogP contribution >= 0.6 is 0 Å². The van der Waals surface area contributed by atoms with Crippen LogP contribution in [0.25, 0.3) is 0 Å². The Kier molecular flexibility index (Phi) is 18.3. The van der Waals surface area contributed by atoms with E-state index in [0.717, 1.165) is 63.2 Å². The van der Waals surface area contributed by atoms with Gasteiger partial charge in [-0.2, -0.15) is 0 Å². The summed E-state index contributed by atoms with van der Waals surface area (Å²) in [5.41, 5.74) is 0.498. The van der Waals surface area contributed by atoms with Crippen LogP contribution in [0.5, 0.6) is 0 Å². The predicted molar refractivity (Wildman–Crippen MR) is 218 cm³/mol. The van der Waals surface area contributed by atoms with Crippen molar-refractivity contribution in [3.05, 3.63) is 24.3 Å².